The maximum absolute atomic E-state index is 5.89. The molecule has 2 aliphatic heterocycles. The number of fused-ring (bicyclic) bond motifs is 1. The summed E-state index contributed by atoms with van der Waals surface area (Å²) in [5, 5.41) is 1.12. The zero-order valence-corrected chi connectivity index (χ0v) is 12.4. The van der Waals surface area contributed by atoms with Crippen molar-refractivity contribution in [2.24, 2.45) is 4.99 Å². The average molecular weight is 365 g/mol. The van der Waals surface area contributed by atoms with Crippen molar-refractivity contribution in [1.29, 1.82) is 0 Å². The molecule has 0 N–H and O–H groups in total. The molecule has 0 amide bonds. The maximum Gasteiger partial charge on any atom is 0.169 e. The first-order chi connectivity index (χ1) is 6.03. The van der Waals surface area contributed by atoms with Crippen LogP contribution in [0, 0.1) is 0 Å². The first-order valence-corrected chi connectivity index (χ1v) is 6.46. The number of halogens is 3. The molecule has 0 aliphatic carbocycles. The predicted octanol–water partition coefficient (Wildman–Crippen LogP) is 3.45. The Morgan fingerprint density at radius 2 is 2.29 bits per heavy atom. The lowest BCUT2D eigenvalue weighted by atomic mass is 10.1. The van der Waals surface area contributed by atoms with Gasteiger partial charge in [0, 0.05) is 6.54 Å². The van der Waals surface area contributed by atoms with Crippen LogP contribution in [-0.2, 0) is 0 Å². The molecule has 0 atom stereocenters. The molecule has 0 aromatic rings. The Bertz CT molecular complexity index is 314. The Labute approximate surface area is 113 Å². The van der Waals surface area contributed by atoms with Gasteiger partial charge in [-0.2, -0.15) is 0 Å². The summed E-state index contributed by atoms with van der Waals surface area (Å²) in [6.45, 7) is 5.26. The molecular weight excluding hydrogens is 354 g/mol. The quantitative estimate of drug-likeness (QED) is 0.523. The Kier molecular flexibility index (Phi) is 4.06. The monoisotopic (exact) mass is 364 g/mol. The van der Waals surface area contributed by atoms with E-state index in [-0.39, 0.29) is 17.9 Å². The molecule has 0 saturated carbocycles. The van der Waals surface area contributed by atoms with Crippen molar-refractivity contribution < 1.29 is 0 Å². The molecule has 14 heavy (non-hydrogen) atoms. The fraction of sp³-hybridized carbons (Fsp3) is 0.625. The SMILES string of the molecule is CC1(C)CN2C(=N1)SC(I)=C2CCl.Cl. The number of rotatable bonds is 1. The molecule has 2 heterocycles. The molecule has 2 rings (SSSR count). The summed E-state index contributed by atoms with van der Waals surface area (Å²) >= 11 is 9.95. The lowest BCUT2D eigenvalue weighted by molar-refractivity contribution is 0.436. The van der Waals surface area contributed by atoms with Crippen LogP contribution in [-0.4, -0.2) is 28.0 Å². The summed E-state index contributed by atoms with van der Waals surface area (Å²) in [6.07, 6.45) is 0. The number of allylic oxidation sites excluding steroid dienone is 1. The number of alkyl halides is 1. The van der Waals surface area contributed by atoms with Gasteiger partial charge in [-0.15, -0.1) is 24.0 Å². The van der Waals surface area contributed by atoms with E-state index >= 15 is 0 Å². The zero-order valence-electron chi connectivity index (χ0n) is 7.88. The van der Waals surface area contributed by atoms with Crippen LogP contribution in [0.1, 0.15) is 13.8 Å². The highest BCUT2D eigenvalue weighted by Gasteiger charge is 2.38. The molecule has 0 aromatic carbocycles. The number of hydrogen-bond acceptors (Lipinski definition) is 3. The molecule has 0 aromatic heterocycles. The van der Waals surface area contributed by atoms with Gasteiger partial charge in [0.2, 0.25) is 0 Å². The Balaban J connectivity index is 0.000000980. The fourth-order valence-electron chi connectivity index (χ4n) is 1.47. The van der Waals surface area contributed by atoms with Gasteiger partial charge in [-0.05, 0) is 48.2 Å². The van der Waals surface area contributed by atoms with E-state index < -0.39 is 0 Å². The van der Waals surface area contributed by atoms with Crippen LogP contribution in [0.3, 0.4) is 0 Å². The molecule has 0 spiro atoms. The van der Waals surface area contributed by atoms with Crippen molar-refractivity contribution in [2.45, 2.75) is 19.4 Å². The van der Waals surface area contributed by atoms with Crippen LogP contribution in [0.2, 0.25) is 0 Å². The minimum Gasteiger partial charge on any atom is -0.319 e. The van der Waals surface area contributed by atoms with Crippen molar-refractivity contribution in [1.82, 2.24) is 4.90 Å². The number of thioether (sulfide) groups is 1. The highest BCUT2D eigenvalue weighted by Crippen LogP contribution is 2.43. The molecule has 6 heteroatoms. The van der Waals surface area contributed by atoms with E-state index in [2.05, 4.69) is 46.3 Å². The third-order valence-corrected chi connectivity index (χ3v) is 4.48. The van der Waals surface area contributed by atoms with E-state index in [1.807, 2.05) is 0 Å². The molecule has 2 nitrogen and oxygen atoms in total. The Hall–Kier alpha value is 0.870. The van der Waals surface area contributed by atoms with E-state index in [1.54, 1.807) is 11.8 Å². The zero-order chi connectivity index (χ0) is 9.64. The predicted molar refractivity (Wildman–Crippen MR) is 74.8 cm³/mol. The molecule has 80 valence electrons. The van der Waals surface area contributed by atoms with Gasteiger partial charge < -0.3 is 4.90 Å². The van der Waals surface area contributed by atoms with Crippen LogP contribution in [0.25, 0.3) is 0 Å². The van der Waals surface area contributed by atoms with Crippen LogP contribution in [0.15, 0.2) is 13.6 Å². The fourth-order valence-corrected chi connectivity index (χ4v) is 4.16. The average Bonchev–Trinajstić information content (AvgIpc) is 2.39. The summed E-state index contributed by atoms with van der Waals surface area (Å²) in [6, 6.07) is 0. The first-order valence-electron chi connectivity index (χ1n) is 4.03. The van der Waals surface area contributed by atoms with Gasteiger partial charge in [0.1, 0.15) is 0 Å². The molecular formula is C8H11Cl2IN2S. The Morgan fingerprint density at radius 3 is 2.86 bits per heavy atom. The second-order valence-corrected chi connectivity index (χ2v) is 6.80. The minimum atomic E-state index is 0. The van der Waals surface area contributed by atoms with Gasteiger partial charge in [-0.1, -0.05) is 0 Å². The van der Waals surface area contributed by atoms with Gasteiger partial charge in [0.25, 0.3) is 0 Å². The molecule has 0 bridgehead atoms. The lowest BCUT2D eigenvalue weighted by Crippen LogP contribution is -2.29. The van der Waals surface area contributed by atoms with Gasteiger partial charge in [0.15, 0.2) is 5.17 Å². The minimum absolute atomic E-state index is 0. The highest BCUT2D eigenvalue weighted by molar-refractivity contribution is 14.1. The van der Waals surface area contributed by atoms with Gasteiger partial charge >= 0.3 is 0 Å². The van der Waals surface area contributed by atoms with Crippen LogP contribution in [0.4, 0.5) is 0 Å². The topological polar surface area (TPSA) is 15.6 Å². The summed E-state index contributed by atoms with van der Waals surface area (Å²) in [4.78, 5) is 6.87. The first kappa shape index (κ1) is 12.9. The van der Waals surface area contributed by atoms with E-state index in [9.17, 15) is 0 Å². The number of aliphatic imine (C=N–C) groups is 1. The smallest absolute Gasteiger partial charge is 0.169 e. The number of amidine groups is 1. The van der Waals surface area contributed by atoms with Gasteiger partial charge in [-0.25, -0.2) is 0 Å². The third-order valence-electron chi connectivity index (χ3n) is 2.03. The van der Waals surface area contributed by atoms with Crippen molar-refractivity contribution in [3.63, 3.8) is 0 Å². The number of nitrogens with zero attached hydrogens (tertiary/aromatic N) is 2. The van der Waals surface area contributed by atoms with Crippen molar-refractivity contribution >= 4 is 63.5 Å². The lowest BCUT2D eigenvalue weighted by Gasteiger charge is -2.19. The number of hydrogen-bond donors (Lipinski definition) is 0. The van der Waals surface area contributed by atoms with Crippen LogP contribution in [0.5, 0.6) is 0 Å². The van der Waals surface area contributed by atoms with E-state index in [4.69, 9.17) is 11.6 Å². The molecule has 0 fully saturated rings. The molecule has 0 unspecified atom stereocenters. The van der Waals surface area contributed by atoms with E-state index in [0.29, 0.717) is 5.88 Å². The standard InChI is InChI=1S/C8H10ClIN2S.ClH/c1-8(2)4-12-5(3-9)6(10)13-7(12)11-8;/h3-4H2,1-2H3;1H. The normalized spacial score (nSPS) is 23.4. The van der Waals surface area contributed by atoms with Crippen LogP contribution < -0.4 is 0 Å². The molecule has 0 saturated heterocycles. The van der Waals surface area contributed by atoms with Crippen molar-refractivity contribution in [2.75, 3.05) is 12.4 Å². The maximum atomic E-state index is 5.89. The second kappa shape index (κ2) is 4.39. The van der Waals surface area contributed by atoms with Gasteiger partial charge in [0.05, 0.1) is 20.0 Å². The Morgan fingerprint density at radius 1 is 1.64 bits per heavy atom. The summed E-state index contributed by atoms with van der Waals surface area (Å²) < 4.78 is 1.27. The van der Waals surface area contributed by atoms with Crippen LogP contribution >= 0.6 is 58.4 Å². The summed E-state index contributed by atoms with van der Waals surface area (Å²) in [5.74, 6) is 0.584. The third kappa shape index (κ3) is 2.18. The van der Waals surface area contributed by atoms with Crippen molar-refractivity contribution in [3.8, 4) is 0 Å². The van der Waals surface area contributed by atoms with Gasteiger partial charge in [-0.3, -0.25) is 4.99 Å². The van der Waals surface area contributed by atoms with Crippen molar-refractivity contribution in [3.05, 3.63) is 8.61 Å². The summed E-state index contributed by atoms with van der Waals surface area (Å²) in [5.41, 5.74) is 1.27. The molecule has 0 radical (unpaired) electrons. The largest absolute Gasteiger partial charge is 0.319 e. The highest BCUT2D eigenvalue weighted by atomic mass is 127. The van der Waals surface area contributed by atoms with E-state index in [1.165, 1.54) is 8.61 Å². The second-order valence-electron chi connectivity index (χ2n) is 3.75. The van der Waals surface area contributed by atoms with E-state index in [0.717, 1.165) is 11.7 Å². The summed E-state index contributed by atoms with van der Waals surface area (Å²) in [7, 11) is 0. The molecule has 2 aliphatic rings.